The minimum absolute atomic E-state index is 0.131. The Bertz CT molecular complexity index is 448. The number of carbonyl (C=O) groups is 1. The largest absolute Gasteiger partial charge is 0.338 e. The van der Waals surface area contributed by atoms with Crippen LogP contribution in [0.1, 0.15) is 35.7 Å². The highest BCUT2D eigenvalue weighted by Gasteiger charge is 2.13. The van der Waals surface area contributed by atoms with Crippen LogP contribution in [-0.4, -0.2) is 11.9 Å². The summed E-state index contributed by atoms with van der Waals surface area (Å²) in [5, 5.41) is 2.84. The first kappa shape index (κ1) is 13.8. The van der Waals surface area contributed by atoms with Crippen molar-refractivity contribution in [1.82, 2.24) is 5.32 Å². The molecule has 1 N–H and O–H groups in total. The lowest BCUT2D eigenvalue weighted by atomic mass is 10.1. The lowest BCUT2D eigenvalue weighted by Gasteiger charge is -2.13. The summed E-state index contributed by atoms with van der Waals surface area (Å²) in [4.78, 5) is 12.0. The lowest BCUT2D eigenvalue weighted by Crippen LogP contribution is -2.33. The first-order valence-corrected chi connectivity index (χ1v) is 6.41. The molecule has 3 heteroatoms. The highest BCUT2D eigenvalue weighted by atomic mass is 79.9. The van der Waals surface area contributed by atoms with Crippen LogP contribution in [0, 0.1) is 19.3 Å². The van der Waals surface area contributed by atoms with Crippen LogP contribution in [0.5, 0.6) is 0 Å². The monoisotopic (exact) mass is 293 g/mol. The summed E-state index contributed by atoms with van der Waals surface area (Å²) >= 11 is 3.39. The second kappa shape index (κ2) is 6.46. The first-order valence-electron chi connectivity index (χ1n) is 5.61. The fourth-order valence-corrected chi connectivity index (χ4v) is 2.20. The molecular formula is C14H16BrNO. The topological polar surface area (TPSA) is 29.1 Å². The number of rotatable bonds is 4. The van der Waals surface area contributed by atoms with Gasteiger partial charge in [0.05, 0.1) is 11.6 Å². The molecule has 0 spiro atoms. The van der Waals surface area contributed by atoms with Crippen LogP contribution >= 0.6 is 15.9 Å². The number of nitrogens with one attached hydrogen (secondary N) is 1. The number of hydrogen-bond acceptors (Lipinski definition) is 1. The van der Waals surface area contributed by atoms with E-state index in [1.165, 1.54) is 0 Å². The molecule has 17 heavy (non-hydrogen) atoms. The van der Waals surface area contributed by atoms with Crippen LogP contribution in [0.2, 0.25) is 0 Å². The summed E-state index contributed by atoms with van der Waals surface area (Å²) in [5.41, 5.74) is 1.72. The maximum Gasteiger partial charge on any atom is 0.253 e. The van der Waals surface area contributed by atoms with E-state index in [9.17, 15) is 4.79 Å². The van der Waals surface area contributed by atoms with Gasteiger partial charge in [0, 0.05) is 4.47 Å². The molecule has 0 bridgehead atoms. The minimum Gasteiger partial charge on any atom is -0.338 e. The van der Waals surface area contributed by atoms with Crippen LogP contribution in [0.15, 0.2) is 22.7 Å². The molecule has 1 atom stereocenters. The molecule has 2 nitrogen and oxygen atoms in total. The minimum atomic E-state index is -0.194. The van der Waals surface area contributed by atoms with Crippen molar-refractivity contribution in [2.45, 2.75) is 32.7 Å². The number of carbonyl (C=O) groups excluding carboxylic acids is 1. The number of aryl methyl sites for hydroxylation is 1. The Kier molecular flexibility index (Phi) is 5.24. The molecule has 90 valence electrons. The SMILES string of the molecule is C#CC(CCC)NC(=O)c1ccc(C)cc1Br. The predicted molar refractivity (Wildman–Crippen MR) is 73.9 cm³/mol. The quantitative estimate of drug-likeness (QED) is 0.848. The predicted octanol–water partition coefficient (Wildman–Crippen LogP) is 3.29. The Morgan fingerprint density at radius 1 is 1.59 bits per heavy atom. The fourth-order valence-electron chi connectivity index (χ4n) is 1.53. The van der Waals surface area contributed by atoms with E-state index < -0.39 is 0 Å². The average molecular weight is 294 g/mol. The van der Waals surface area contributed by atoms with Crippen molar-refractivity contribution in [3.05, 3.63) is 33.8 Å². The van der Waals surface area contributed by atoms with Crippen molar-refractivity contribution >= 4 is 21.8 Å². The Balaban J connectivity index is 2.79. The Hall–Kier alpha value is -1.27. The Morgan fingerprint density at radius 3 is 2.82 bits per heavy atom. The normalized spacial score (nSPS) is 11.6. The third-order valence-electron chi connectivity index (χ3n) is 2.45. The van der Waals surface area contributed by atoms with Gasteiger partial charge in [0.25, 0.3) is 5.91 Å². The Morgan fingerprint density at radius 2 is 2.29 bits per heavy atom. The van der Waals surface area contributed by atoms with Gasteiger partial charge in [-0.05, 0) is 47.0 Å². The molecule has 0 aliphatic rings. The first-order chi connectivity index (χ1) is 8.08. The third kappa shape index (κ3) is 3.90. The molecule has 0 heterocycles. The molecule has 1 rings (SSSR count). The maximum absolute atomic E-state index is 12.0. The van der Waals surface area contributed by atoms with E-state index >= 15 is 0 Å². The summed E-state index contributed by atoms with van der Waals surface area (Å²) < 4.78 is 0.794. The molecule has 1 aromatic rings. The number of halogens is 1. The summed E-state index contributed by atoms with van der Waals surface area (Å²) in [6.07, 6.45) is 7.12. The van der Waals surface area contributed by atoms with Crippen LogP contribution in [0.25, 0.3) is 0 Å². The molecule has 0 aliphatic heterocycles. The summed E-state index contributed by atoms with van der Waals surface area (Å²) in [5.74, 6) is 2.46. The van der Waals surface area contributed by atoms with Gasteiger partial charge in [-0.15, -0.1) is 6.42 Å². The van der Waals surface area contributed by atoms with Gasteiger partial charge in [0.2, 0.25) is 0 Å². The van der Waals surface area contributed by atoms with Gasteiger partial charge in [-0.25, -0.2) is 0 Å². The number of amides is 1. The second-order valence-corrected chi connectivity index (χ2v) is 4.82. The van der Waals surface area contributed by atoms with Gasteiger partial charge in [0.1, 0.15) is 0 Å². The van der Waals surface area contributed by atoms with Crippen molar-refractivity contribution in [1.29, 1.82) is 0 Å². The lowest BCUT2D eigenvalue weighted by molar-refractivity contribution is 0.0943. The molecule has 0 radical (unpaired) electrons. The third-order valence-corrected chi connectivity index (χ3v) is 3.11. The van der Waals surface area contributed by atoms with Crippen LogP contribution in [0.3, 0.4) is 0 Å². The van der Waals surface area contributed by atoms with E-state index in [0.717, 1.165) is 22.9 Å². The summed E-state index contributed by atoms with van der Waals surface area (Å²) in [6.45, 7) is 4.02. The molecule has 0 fully saturated rings. The number of hydrogen-bond donors (Lipinski definition) is 1. The number of terminal acetylenes is 1. The van der Waals surface area contributed by atoms with Gasteiger partial charge in [-0.3, -0.25) is 4.79 Å². The molecule has 1 amide bonds. The standard InChI is InChI=1S/C14H16BrNO/c1-4-6-11(5-2)16-14(17)12-8-7-10(3)9-13(12)15/h2,7-9,11H,4,6H2,1,3H3,(H,16,17). The van der Waals surface area contributed by atoms with E-state index in [-0.39, 0.29) is 11.9 Å². The molecule has 1 aromatic carbocycles. The van der Waals surface area contributed by atoms with Crippen molar-refractivity contribution in [2.24, 2.45) is 0 Å². The van der Waals surface area contributed by atoms with Gasteiger partial charge in [-0.1, -0.05) is 25.3 Å². The van der Waals surface area contributed by atoms with E-state index in [1.807, 2.05) is 26.0 Å². The fraction of sp³-hybridized carbons (Fsp3) is 0.357. The van der Waals surface area contributed by atoms with E-state index in [4.69, 9.17) is 6.42 Å². The zero-order valence-corrected chi connectivity index (χ0v) is 11.7. The van der Waals surface area contributed by atoms with Gasteiger partial charge < -0.3 is 5.32 Å². The van der Waals surface area contributed by atoms with Crippen molar-refractivity contribution in [2.75, 3.05) is 0 Å². The summed E-state index contributed by atoms with van der Waals surface area (Å²) in [6, 6.07) is 5.43. The zero-order valence-electron chi connectivity index (χ0n) is 10.1. The second-order valence-electron chi connectivity index (χ2n) is 3.96. The van der Waals surface area contributed by atoms with Gasteiger partial charge in [-0.2, -0.15) is 0 Å². The number of benzene rings is 1. The van der Waals surface area contributed by atoms with Crippen LogP contribution < -0.4 is 5.32 Å². The highest BCUT2D eigenvalue weighted by Crippen LogP contribution is 2.18. The van der Waals surface area contributed by atoms with Crippen molar-refractivity contribution < 1.29 is 4.79 Å². The summed E-state index contributed by atoms with van der Waals surface area (Å²) in [7, 11) is 0. The molecular weight excluding hydrogens is 278 g/mol. The molecule has 0 saturated heterocycles. The van der Waals surface area contributed by atoms with Crippen LogP contribution in [0.4, 0.5) is 0 Å². The van der Waals surface area contributed by atoms with E-state index in [0.29, 0.717) is 5.56 Å². The molecule has 1 unspecified atom stereocenters. The van der Waals surface area contributed by atoms with Crippen molar-refractivity contribution in [3.8, 4) is 12.3 Å². The smallest absolute Gasteiger partial charge is 0.253 e. The van der Waals surface area contributed by atoms with Gasteiger partial charge in [0.15, 0.2) is 0 Å². The zero-order chi connectivity index (χ0) is 12.8. The Labute approximate surface area is 111 Å². The van der Waals surface area contributed by atoms with Crippen molar-refractivity contribution in [3.63, 3.8) is 0 Å². The molecule has 0 aromatic heterocycles. The van der Waals surface area contributed by atoms with Gasteiger partial charge >= 0.3 is 0 Å². The van der Waals surface area contributed by atoms with E-state index in [2.05, 4.69) is 27.2 Å². The molecule has 0 aliphatic carbocycles. The molecule has 0 saturated carbocycles. The van der Waals surface area contributed by atoms with E-state index in [1.54, 1.807) is 6.07 Å². The highest BCUT2D eigenvalue weighted by molar-refractivity contribution is 9.10. The maximum atomic E-state index is 12.0. The van der Waals surface area contributed by atoms with Crippen LogP contribution in [-0.2, 0) is 0 Å². The average Bonchev–Trinajstić information content (AvgIpc) is 2.28.